The van der Waals surface area contributed by atoms with Gasteiger partial charge in [-0.2, -0.15) is 9.97 Å². The molecule has 4 heterocycles. The molecule has 0 saturated carbocycles. The van der Waals surface area contributed by atoms with E-state index in [1.807, 2.05) is 36.4 Å². The van der Waals surface area contributed by atoms with Crippen LogP contribution in [0, 0.1) is 0 Å². The molecular formula is C62H40N6. The lowest BCUT2D eigenvalue weighted by Crippen LogP contribution is -2.07. The Kier molecular flexibility index (Phi) is 9.39. The minimum atomic E-state index is 0.539. The molecule has 0 aliphatic carbocycles. The van der Waals surface area contributed by atoms with E-state index in [9.17, 15) is 0 Å². The minimum absolute atomic E-state index is 0.539. The third-order valence-electron chi connectivity index (χ3n) is 13.0. The molecule has 0 unspecified atom stereocenters. The molecule has 68 heavy (non-hydrogen) atoms. The van der Waals surface area contributed by atoms with E-state index in [1.54, 1.807) is 0 Å². The van der Waals surface area contributed by atoms with Crippen LogP contribution >= 0.6 is 0 Å². The first-order chi connectivity index (χ1) is 33.7. The first-order valence-corrected chi connectivity index (χ1v) is 22.9. The van der Waals surface area contributed by atoms with Gasteiger partial charge in [0.1, 0.15) is 0 Å². The quantitative estimate of drug-likeness (QED) is 0.153. The van der Waals surface area contributed by atoms with Crippen LogP contribution in [0.25, 0.3) is 123 Å². The van der Waals surface area contributed by atoms with Crippen LogP contribution in [0.4, 0.5) is 0 Å². The van der Waals surface area contributed by atoms with Crippen molar-refractivity contribution < 1.29 is 0 Å². The predicted molar refractivity (Wildman–Crippen MR) is 279 cm³/mol. The average molecular weight is 869 g/mol. The summed E-state index contributed by atoms with van der Waals surface area (Å²) in [6.45, 7) is 0. The Hall–Kier alpha value is -9.26. The van der Waals surface area contributed by atoms with E-state index in [1.165, 1.54) is 16.5 Å². The van der Waals surface area contributed by atoms with Crippen molar-refractivity contribution in [1.29, 1.82) is 0 Å². The molecule has 0 bridgehead atoms. The first-order valence-electron chi connectivity index (χ1n) is 22.9. The summed E-state index contributed by atoms with van der Waals surface area (Å²) in [5.41, 5.74) is 15.7. The molecule has 318 valence electrons. The second-order valence-corrected chi connectivity index (χ2v) is 17.1. The zero-order chi connectivity index (χ0) is 45.0. The van der Waals surface area contributed by atoms with Crippen molar-refractivity contribution in [3.8, 4) is 79.2 Å². The third kappa shape index (κ3) is 6.74. The van der Waals surface area contributed by atoms with Gasteiger partial charge in [-0.05, 0) is 64.7 Å². The normalized spacial score (nSPS) is 11.5. The standard InChI is InChI=1S/C62H40N6/c1-4-17-41(18-5-1)46-23-14-24-47(39-46)48-25-15-26-49(40-48)67-56-31-12-10-27-50(56)52-37-38-53-51-28-11-13-32-57(51)68(59(53)58(52)67)62-65-60(44-21-8-3-9-22-44)64-61(66-62)45-35-33-43(34-36-45)55-30-16-29-54(63-55)42-19-6-2-7-20-42/h1-40H. The van der Waals surface area contributed by atoms with Crippen molar-refractivity contribution in [2.24, 2.45) is 0 Å². The van der Waals surface area contributed by atoms with E-state index in [4.69, 9.17) is 19.9 Å². The summed E-state index contributed by atoms with van der Waals surface area (Å²) in [7, 11) is 0. The van der Waals surface area contributed by atoms with Crippen LogP contribution in [0.2, 0.25) is 0 Å². The molecule has 0 radical (unpaired) electrons. The molecule has 0 fully saturated rings. The molecule has 0 aliphatic rings. The smallest absolute Gasteiger partial charge is 0.238 e. The summed E-state index contributed by atoms with van der Waals surface area (Å²) in [5.74, 6) is 1.71. The van der Waals surface area contributed by atoms with Crippen LogP contribution in [-0.4, -0.2) is 29.1 Å². The molecule has 6 nitrogen and oxygen atoms in total. The number of hydrogen-bond acceptors (Lipinski definition) is 4. The zero-order valence-electron chi connectivity index (χ0n) is 36.8. The third-order valence-corrected chi connectivity index (χ3v) is 13.0. The summed E-state index contributed by atoms with van der Waals surface area (Å²) in [6.07, 6.45) is 0. The van der Waals surface area contributed by atoms with Gasteiger partial charge in [0.05, 0.1) is 33.5 Å². The maximum atomic E-state index is 5.39. The second-order valence-electron chi connectivity index (χ2n) is 17.1. The van der Waals surface area contributed by atoms with E-state index >= 15 is 0 Å². The van der Waals surface area contributed by atoms with Gasteiger partial charge in [-0.15, -0.1) is 0 Å². The minimum Gasteiger partial charge on any atom is -0.307 e. The summed E-state index contributed by atoms with van der Waals surface area (Å²) >= 11 is 0. The highest BCUT2D eigenvalue weighted by molar-refractivity contribution is 6.23. The Bertz CT molecular complexity index is 4010. The number of rotatable bonds is 8. The molecule has 13 rings (SSSR count). The van der Waals surface area contributed by atoms with E-state index < -0.39 is 0 Å². The van der Waals surface area contributed by atoms with Gasteiger partial charge in [0.25, 0.3) is 0 Å². The maximum absolute atomic E-state index is 5.39. The fourth-order valence-corrected chi connectivity index (χ4v) is 9.78. The van der Waals surface area contributed by atoms with Gasteiger partial charge in [-0.1, -0.05) is 200 Å². The highest BCUT2D eigenvalue weighted by Gasteiger charge is 2.24. The lowest BCUT2D eigenvalue weighted by Gasteiger charge is -2.14. The number of benzene rings is 9. The largest absolute Gasteiger partial charge is 0.307 e. The van der Waals surface area contributed by atoms with Crippen molar-refractivity contribution in [3.05, 3.63) is 243 Å². The number of para-hydroxylation sites is 2. The Labute approximate surface area is 392 Å². The van der Waals surface area contributed by atoms with Crippen LogP contribution in [0.5, 0.6) is 0 Å². The highest BCUT2D eigenvalue weighted by Crippen LogP contribution is 2.42. The predicted octanol–water partition coefficient (Wildman–Crippen LogP) is 15.5. The summed E-state index contributed by atoms with van der Waals surface area (Å²) < 4.78 is 4.67. The molecule has 13 aromatic rings. The number of nitrogens with zero attached hydrogens (tertiary/aromatic N) is 6. The monoisotopic (exact) mass is 868 g/mol. The van der Waals surface area contributed by atoms with E-state index in [0.717, 1.165) is 88.7 Å². The molecule has 0 aliphatic heterocycles. The van der Waals surface area contributed by atoms with Gasteiger partial charge in [0.2, 0.25) is 5.95 Å². The first kappa shape index (κ1) is 39.1. The van der Waals surface area contributed by atoms with Gasteiger partial charge in [0, 0.05) is 49.5 Å². The van der Waals surface area contributed by atoms with Gasteiger partial charge in [-0.25, -0.2) is 9.97 Å². The number of fused-ring (bicyclic) bond motifs is 7. The van der Waals surface area contributed by atoms with Crippen LogP contribution in [0.1, 0.15) is 0 Å². The summed E-state index contributed by atoms with van der Waals surface area (Å²) in [5, 5.41) is 4.54. The van der Waals surface area contributed by atoms with Crippen molar-refractivity contribution >= 4 is 43.6 Å². The van der Waals surface area contributed by atoms with Crippen LogP contribution in [0.3, 0.4) is 0 Å². The number of pyridine rings is 1. The van der Waals surface area contributed by atoms with Crippen molar-refractivity contribution in [1.82, 2.24) is 29.1 Å². The van der Waals surface area contributed by atoms with Crippen molar-refractivity contribution in [3.63, 3.8) is 0 Å². The fraction of sp³-hybridized carbons (Fsp3) is 0. The molecule has 0 atom stereocenters. The fourth-order valence-electron chi connectivity index (χ4n) is 9.78. The SMILES string of the molecule is c1ccc(-c2cccc(-c3cccc(-n4c5ccccc5c5ccc6c7ccccc7n(-c7nc(-c8ccccc8)nc(-c8ccc(-c9cccc(-c%10ccccc%10)n9)cc8)n7)c6c54)c3)c2)cc1. The van der Waals surface area contributed by atoms with E-state index in [0.29, 0.717) is 17.6 Å². The molecule has 0 spiro atoms. The molecule has 9 aromatic carbocycles. The lowest BCUT2D eigenvalue weighted by atomic mass is 9.99. The zero-order valence-corrected chi connectivity index (χ0v) is 36.8. The van der Waals surface area contributed by atoms with E-state index in [-0.39, 0.29) is 0 Å². The Balaban J connectivity index is 1.02. The van der Waals surface area contributed by atoms with E-state index in [2.05, 4.69) is 215 Å². The van der Waals surface area contributed by atoms with Gasteiger partial charge < -0.3 is 4.57 Å². The van der Waals surface area contributed by atoms with Crippen LogP contribution < -0.4 is 0 Å². The molecule has 0 N–H and O–H groups in total. The topological polar surface area (TPSA) is 61.4 Å². The molecule has 0 amide bonds. The molecular weight excluding hydrogens is 829 g/mol. The van der Waals surface area contributed by atoms with Gasteiger partial charge in [0.15, 0.2) is 11.6 Å². The Morgan fingerprint density at radius 3 is 1.31 bits per heavy atom. The molecule has 4 aromatic heterocycles. The highest BCUT2D eigenvalue weighted by atomic mass is 15.2. The number of aromatic nitrogens is 6. The van der Waals surface area contributed by atoms with Crippen molar-refractivity contribution in [2.75, 3.05) is 0 Å². The average Bonchev–Trinajstić information content (AvgIpc) is 3.95. The Morgan fingerprint density at radius 2 is 0.676 bits per heavy atom. The summed E-state index contributed by atoms with van der Waals surface area (Å²) in [4.78, 5) is 20.9. The molecule has 0 saturated heterocycles. The van der Waals surface area contributed by atoms with Crippen LogP contribution in [0.15, 0.2) is 243 Å². The molecule has 6 heteroatoms. The van der Waals surface area contributed by atoms with Crippen molar-refractivity contribution in [2.45, 2.75) is 0 Å². The number of hydrogen-bond donors (Lipinski definition) is 0. The second kappa shape index (κ2) is 16.3. The summed E-state index contributed by atoms with van der Waals surface area (Å²) in [6, 6.07) is 85.1. The van der Waals surface area contributed by atoms with Gasteiger partial charge >= 0.3 is 0 Å². The Morgan fingerprint density at radius 1 is 0.250 bits per heavy atom. The van der Waals surface area contributed by atoms with Crippen LogP contribution in [-0.2, 0) is 0 Å². The maximum Gasteiger partial charge on any atom is 0.238 e. The lowest BCUT2D eigenvalue weighted by molar-refractivity contribution is 0.953. The van der Waals surface area contributed by atoms with Gasteiger partial charge in [-0.3, -0.25) is 4.57 Å².